The average Bonchev–Trinajstić information content (AvgIpc) is 3.33. The SMILES string of the molecule is N#C[C@@H]1CC(F)(F)CN1C(=O)CNC(=O)c1ccncc1-c1ccc(OCCCN2CCNCC2)cc1.O=C(O)C(F)(F)F. The molecule has 3 heterocycles. The molecular weight excluding hydrogens is 595 g/mol. The molecule has 0 radical (unpaired) electrons. The molecule has 1 atom stereocenters. The highest BCUT2D eigenvalue weighted by atomic mass is 19.4. The van der Waals surface area contributed by atoms with Crippen molar-refractivity contribution >= 4 is 17.8 Å². The summed E-state index contributed by atoms with van der Waals surface area (Å²) in [5.41, 5.74) is 1.58. The number of carboxylic acid groups (broad SMARTS) is 1. The normalized spacial score (nSPS) is 18.0. The number of ether oxygens (including phenoxy) is 1. The minimum atomic E-state index is -5.08. The van der Waals surface area contributed by atoms with Gasteiger partial charge in [0.15, 0.2) is 0 Å². The van der Waals surface area contributed by atoms with Gasteiger partial charge in [0.05, 0.1) is 31.3 Å². The number of nitrogens with one attached hydrogen (secondary N) is 2. The van der Waals surface area contributed by atoms with Crippen LogP contribution in [0.5, 0.6) is 5.75 Å². The van der Waals surface area contributed by atoms with Crippen molar-refractivity contribution < 1.29 is 46.2 Å². The highest BCUT2D eigenvalue weighted by Crippen LogP contribution is 2.31. The molecule has 11 nitrogen and oxygen atoms in total. The van der Waals surface area contributed by atoms with Gasteiger partial charge in [-0.2, -0.15) is 18.4 Å². The fourth-order valence-electron chi connectivity index (χ4n) is 4.51. The summed E-state index contributed by atoms with van der Waals surface area (Å²) < 4.78 is 64.9. The number of benzene rings is 1. The molecular formula is C28H31F5N6O5. The Labute approximate surface area is 249 Å². The van der Waals surface area contributed by atoms with Crippen LogP contribution in [0.1, 0.15) is 23.2 Å². The van der Waals surface area contributed by atoms with E-state index in [0.29, 0.717) is 12.2 Å². The Balaban J connectivity index is 0.000000676. The second kappa shape index (κ2) is 15.4. The predicted octanol–water partition coefficient (Wildman–Crippen LogP) is 2.55. The van der Waals surface area contributed by atoms with Crippen molar-refractivity contribution in [3.05, 3.63) is 48.3 Å². The Kier molecular flexibility index (Phi) is 11.9. The molecule has 1 aromatic heterocycles. The van der Waals surface area contributed by atoms with E-state index in [-0.39, 0.29) is 5.56 Å². The van der Waals surface area contributed by atoms with E-state index in [4.69, 9.17) is 19.9 Å². The molecule has 0 unspecified atom stereocenters. The number of nitrogens with zero attached hydrogens (tertiary/aromatic N) is 4. The van der Waals surface area contributed by atoms with E-state index in [9.17, 15) is 31.5 Å². The molecule has 2 aromatic rings. The summed E-state index contributed by atoms with van der Waals surface area (Å²) >= 11 is 0. The van der Waals surface area contributed by atoms with E-state index in [1.807, 2.05) is 24.3 Å². The van der Waals surface area contributed by atoms with E-state index < -0.39 is 55.4 Å². The number of carbonyl (C=O) groups is 3. The molecule has 1 aromatic carbocycles. The van der Waals surface area contributed by atoms with Crippen LogP contribution in [-0.4, -0.2) is 108 Å². The number of pyridine rings is 1. The van der Waals surface area contributed by atoms with E-state index in [2.05, 4.69) is 20.5 Å². The summed E-state index contributed by atoms with van der Waals surface area (Å²) in [7, 11) is 0. The molecule has 0 aliphatic carbocycles. The van der Waals surface area contributed by atoms with E-state index >= 15 is 0 Å². The van der Waals surface area contributed by atoms with Crippen LogP contribution >= 0.6 is 0 Å². The lowest BCUT2D eigenvalue weighted by Gasteiger charge is -2.26. The number of halogens is 5. The van der Waals surface area contributed by atoms with Crippen molar-refractivity contribution in [2.75, 3.05) is 52.4 Å². The summed E-state index contributed by atoms with van der Waals surface area (Å²) in [5.74, 6) is -6.42. The third kappa shape index (κ3) is 10.1. The van der Waals surface area contributed by atoms with Crippen molar-refractivity contribution in [3.63, 3.8) is 0 Å². The second-order valence-electron chi connectivity index (χ2n) is 9.95. The maximum Gasteiger partial charge on any atom is 0.490 e. The number of carbonyl (C=O) groups excluding carboxylic acids is 2. The lowest BCUT2D eigenvalue weighted by molar-refractivity contribution is -0.192. The Morgan fingerprint density at radius 2 is 1.82 bits per heavy atom. The lowest BCUT2D eigenvalue weighted by Crippen LogP contribution is -2.43. The summed E-state index contributed by atoms with van der Waals surface area (Å²) in [6, 6.07) is 9.35. The topological polar surface area (TPSA) is 148 Å². The molecule has 44 heavy (non-hydrogen) atoms. The fourth-order valence-corrected chi connectivity index (χ4v) is 4.51. The Hall–Kier alpha value is -4.36. The van der Waals surface area contributed by atoms with Gasteiger partial charge in [-0.25, -0.2) is 13.6 Å². The molecule has 0 saturated carbocycles. The largest absolute Gasteiger partial charge is 0.494 e. The van der Waals surface area contributed by atoms with Crippen molar-refractivity contribution in [2.45, 2.75) is 31.0 Å². The highest BCUT2D eigenvalue weighted by Gasteiger charge is 2.47. The van der Waals surface area contributed by atoms with Crippen LogP contribution in [0.4, 0.5) is 22.0 Å². The van der Waals surface area contributed by atoms with Gasteiger partial charge in [0, 0.05) is 57.1 Å². The fraction of sp³-hybridized carbons (Fsp3) is 0.464. The second-order valence-corrected chi connectivity index (χ2v) is 9.95. The molecule has 2 aliphatic heterocycles. The smallest absolute Gasteiger partial charge is 0.490 e. The van der Waals surface area contributed by atoms with Gasteiger partial charge in [0.2, 0.25) is 5.91 Å². The van der Waals surface area contributed by atoms with Gasteiger partial charge >= 0.3 is 12.1 Å². The minimum Gasteiger partial charge on any atom is -0.494 e. The average molecular weight is 627 g/mol. The Morgan fingerprint density at radius 1 is 1.16 bits per heavy atom. The number of aromatic nitrogens is 1. The number of nitriles is 1. The van der Waals surface area contributed by atoms with Crippen molar-refractivity contribution in [2.24, 2.45) is 0 Å². The number of piperazine rings is 1. The number of hydrogen-bond donors (Lipinski definition) is 3. The van der Waals surface area contributed by atoms with Crippen LogP contribution in [-0.2, 0) is 9.59 Å². The molecule has 16 heteroatoms. The monoisotopic (exact) mass is 626 g/mol. The first-order valence-electron chi connectivity index (χ1n) is 13.6. The third-order valence-corrected chi connectivity index (χ3v) is 6.71. The highest BCUT2D eigenvalue weighted by molar-refractivity contribution is 6.02. The summed E-state index contributed by atoms with van der Waals surface area (Å²) in [4.78, 5) is 41.5. The summed E-state index contributed by atoms with van der Waals surface area (Å²) in [6.45, 7) is 4.43. The Bertz CT molecular complexity index is 1330. The van der Waals surface area contributed by atoms with E-state index in [1.54, 1.807) is 12.3 Å². The molecule has 2 aliphatic rings. The number of likely N-dealkylation sites (tertiary alicyclic amines) is 1. The molecule has 0 bridgehead atoms. The van der Waals surface area contributed by atoms with Crippen LogP contribution in [0, 0.1) is 11.3 Å². The Morgan fingerprint density at radius 3 is 2.43 bits per heavy atom. The molecule has 3 N–H and O–H groups in total. The molecule has 4 rings (SSSR count). The first-order valence-corrected chi connectivity index (χ1v) is 13.6. The summed E-state index contributed by atoms with van der Waals surface area (Å²) in [5, 5.41) is 22.0. The van der Waals surface area contributed by atoms with Crippen LogP contribution in [0.2, 0.25) is 0 Å². The number of rotatable bonds is 9. The standard InChI is InChI=1S/C26H30F2N6O3.C2HF3O2/c27-26(28)14-20(15-29)34(18-26)24(35)17-32-25(36)22-6-7-31-16-23(22)19-2-4-21(5-3-19)37-13-1-10-33-11-8-30-9-12-33;3-2(4,5)1(6)7/h2-7,16,20,30H,1,8-14,17-18H2,(H,32,36);(H,6,7)/t20-;/m0./s1. The number of aliphatic carboxylic acids is 1. The van der Waals surface area contributed by atoms with Gasteiger partial charge in [-0.1, -0.05) is 12.1 Å². The molecule has 2 saturated heterocycles. The van der Waals surface area contributed by atoms with Gasteiger partial charge in [-0.05, 0) is 30.2 Å². The number of carboxylic acids is 1. The zero-order valence-corrected chi connectivity index (χ0v) is 23.4. The van der Waals surface area contributed by atoms with Crippen LogP contribution in [0.25, 0.3) is 11.1 Å². The van der Waals surface area contributed by atoms with Crippen molar-refractivity contribution in [3.8, 4) is 22.9 Å². The number of alkyl halides is 5. The molecule has 2 fully saturated rings. The molecule has 2 amide bonds. The first-order chi connectivity index (χ1) is 20.8. The van der Waals surface area contributed by atoms with Gasteiger partial charge in [0.1, 0.15) is 11.8 Å². The van der Waals surface area contributed by atoms with Crippen LogP contribution in [0.15, 0.2) is 42.7 Å². The maximum absolute atomic E-state index is 13.6. The zero-order valence-electron chi connectivity index (χ0n) is 23.4. The predicted molar refractivity (Wildman–Crippen MR) is 146 cm³/mol. The van der Waals surface area contributed by atoms with E-state index in [1.165, 1.54) is 12.3 Å². The van der Waals surface area contributed by atoms with Crippen molar-refractivity contribution in [1.29, 1.82) is 5.26 Å². The minimum absolute atomic E-state index is 0.288. The van der Waals surface area contributed by atoms with Crippen LogP contribution < -0.4 is 15.4 Å². The van der Waals surface area contributed by atoms with Gasteiger partial charge in [-0.3, -0.25) is 14.6 Å². The lowest BCUT2D eigenvalue weighted by atomic mass is 10.0. The molecule has 0 spiro atoms. The number of amides is 2. The van der Waals surface area contributed by atoms with Gasteiger partial charge in [0.25, 0.3) is 11.8 Å². The van der Waals surface area contributed by atoms with Gasteiger partial charge in [-0.15, -0.1) is 0 Å². The van der Waals surface area contributed by atoms with E-state index in [0.717, 1.165) is 55.4 Å². The maximum atomic E-state index is 13.6. The van der Waals surface area contributed by atoms with Gasteiger partial charge < -0.3 is 30.3 Å². The quantitative estimate of drug-likeness (QED) is 0.282. The van der Waals surface area contributed by atoms with Crippen molar-refractivity contribution in [1.82, 2.24) is 25.4 Å². The zero-order chi connectivity index (χ0) is 32.3. The number of hydrogen-bond acceptors (Lipinski definition) is 8. The third-order valence-electron chi connectivity index (χ3n) is 6.71. The van der Waals surface area contributed by atoms with Crippen LogP contribution in [0.3, 0.4) is 0 Å². The molecule has 238 valence electrons. The summed E-state index contributed by atoms with van der Waals surface area (Å²) in [6.07, 6.45) is -1.85. The first kappa shape index (κ1) is 34.1.